The molecule has 182 valence electrons. The Morgan fingerprint density at radius 2 is 1.86 bits per heavy atom. The first-order valence-corrected chi connectivity index (χ1v) is 12.0. The van der Waals surface area contributed by atoms with E-state index in [1.807, 2.05) is 78.4 Å². The fraction of sp³-hybridized carbons (Fsp3) is 0.333. The van der Waals surface area contributed by atoms with Crippen LogP contribution >= 0.6 is 0 Å². The maximum atomic E-state index is 12.5. The van der Waals surface area contributed by atoms with E-state index in [-0.39, 0.29) is 23.5 Å². The summed E-state index contributed by atoms with van der Waals surface area (Å²) in [5, 5.41) is 8.92. The average Bonchev–Trinajstić information content (AvgIpc) is 2.89. The van der Waals surface area contributed by atoms with Gasteiger partial charge in [-0.2, -0.15) is 0 Å². The van der Waals surface area contributed by atoms with E-state index in [2.05, 4.69) is 9.97 Å². The van der Waals surface area contributed by atoms with Gasteiger partial charge in [0.05, 0.1) is 11.3 Å². The van der Waals surface area contributed by atoms with Crippen molar-refractivity contribution in [3.05, 3.63) is 72.1 Å². The van der Waals surface area contributed by atoms with Crippen molar-refractivity contribution >= 4 is 23.3 Å². The largest absolute Gasteiger partial charge is 0.457 e. The summed E-state index contributed by atoms with van der Waals surface area (Å²) in [6, 6.07) is 17.0. The highest BCUT2D eigenvalue weighted by Crippen LogP contribution is 2.29. The Hall–Kier alpha value is -3.94. The smallest absolute Gasteiger partial charge is 0.222 e. The minimum atomic E-state index is 0.0899. The van der Waals surface area contributed by atoms with Gasteiger partial charge >= 0.3 is 0 Å². The van der Waals surface area contributed by atoms with Crippen LogP contribution in [0.25, 0.3) is 0 Å². The molecule has 1 aliphatic rings. The molecule has 1 aliphatic heterocycles. The fourth-order valence-corrected chi connectivity index (χ4v) is 4.40. The maximum absolute atomic E-state index is 12.5. The molecule has 3 N–H and O–H groups in total. The quantitative estimate of drug-likeness (QED) is 0.468. The monoisotopic (exact) mass is 472 g/mol. The highest BCUT2D eigenvalue weighted by molar-refractivity contribution is 6.16. The van der Waals surface area contributed by atoms with Gasteiger partial charge in [0.25, 0.3) is 0 Å². The molecule has 0 bridgehead atoms. The van der Waals surface area contributed by atoms with Crippen LogP contribution in [0, 0.1) is 5.41 Å². The predicted molar refractivity (Wildman–Crippen MR) is 138 cm³/mol. The summed E-state index contributed by atoms with van der Waals surface area (Å²) < 4.78 is 5.87. The van der Waals surface area contributed by atoms with Gasteiger partial charge in [-0.3, -0.25) is 10.2 Å². The molecule has 8 heteroatoms. The minimum absolute atomic E-state index is 0.0899. The second-order valence-corrected chi connectivity index (χ2v) is 8.77. The summed E-state index contributed by atoms with van der Waals surface area (Å²) in [7, 11) is 1.95. The maximum Gasteiger partial charge on any atom is 0.222 e. The summed E-state index contributed by atoms with van der Waals surface area (Å²) in [4.78, 5) is 25.1. The molecule has 0 unspecified atom stereocenters. The highest BCUT2D eigenvalue weighted by Gasteiger charge is 2.29. The van der Waals surface area contributed by atoms with E-state index in [0.717, 1.165) is 31.6 Å². The third kappa shape index (κ3) is 5.59. The third-order valence-electron chi connectivity index (χ3n) is 6.32. The molecule has 2 aromatic carbocycles. The molecular formula is C27H32N6O2. The highest BCUT2D eigenvalue weighted by atomic mass is 16.5. The van der Waals surface area contributed by atoms with Gasteiger partial charge in [-0.15, -0.1) is 0 Å². The van der Waals surface area contributed by atoms with Crippen LogP contribution in [0.3, 0.4) is 0 Å². The molecule has 35 heavy (non-hydrogen) atoms. The van der Waals surface area contributed by atoms with Crippen LogP contribution in [-0.4, -0.2) is 52.7 Å². The van der Waals surface area contributed by atoms with E-state index in [1.54, 1.807) is 0 Å². The average molecular weight is 473 g/mol. The lowest BCUT2D eigenvalue weighted by Gasteiger charge is -2.38. The number of piperidine rings is 1. The molecule has 0 aliphatic carbocycles. The predicted octanol–water partition coefficient (Wildman–Crippen LogP) is 4.49. The number of nitrogen functional groups attached to an aromatic ring is 1. The third-order valence-corrected chi connectivity index (χ3v) is 6.32. The normalized spacial score (nSPS) is 15.5. The van der Waals surface area contributed by atoms with Crippen LogP contribution in [0.1, 0.15) is 43.7 Å². The molecule has 1 aromatic heterocycles. The molecule has 0 spiro atoms. The molecular weight excluding hydrogens is 440 g/mol. The number of likely N-dealkylation sites (tertiary alicyclic amines) is 1. The molecule has 3 aromatic rings. The number of rotatable bonds is 8. The summed E-state index contributed by atoms with van der Waals surface area (Å²) in [6.07, 6.45) is 4.71. The summed E-state index contributed by atoms with van der Waals surface area (Å²) >= 11 is 0. The van der Waals surface area contributed by atoms with Crippen molar-refractivity contribution in [3.8, 4) is 11.5 Å². The first kappa shape index (κ1) is 24.2. The molecule has 0 radical (unpaired) electrons. The second-order valence-electron chi connectivity index (χ2n) is 8.77. The number of hydrogen-bond donors (Lipinski definition) is 2. The van der Waals surface area contributed by atoms with Gasteiger partial charge in [0.2, 0.25) is 5.91 Å². The zero-order valence-electron chi connectivity index (χ0n) is 20.3. The number of nitrogens with two attached hydrogens (primary N) is 1. The van der Waals surface area contributed by atoms with Crippen LogP contribution in [-0.2, 0) is 4.79 Å². The Labute approximate surface area is 206 Å². The van der Waals surface area contributed by atoms with Crippen molar-refractivity contribution in [2.75, 3.05) is 30.8 Å². The zero-order chi connectivity index (χ0) is 24.8. The Kier molecular flexibility index (Phi) is 7.60. The number of amides is 1. The molecule has 4 rings (SSSR count). The van der Waals surface area contributed by atoms with E-state index in [4.69, 9.17) is 15.9 Å². The van der Waals surface area contributed by atoms with Gasteiger partial charge in [-0.25, -0.2) is 9.97 Å². The first-order chi connectivity index (χ1) is 17.0. The molecule has 2 heterocycles. The van der Waals surface area contributed by atoms with Crippen molar-refractivity contribution in [2.24, 2.45) is 0 Å². The molecule has 1 saturated heterocycles. The van der Waals surface area contributed by atoms with Crippen LogP contribution in [0.5, 0.6) is 11.5 Å². The Bertz CT molecular complexity index is 1170. The van der Waals surface area contributed by atoms with E-state index < -0.39 is 0 Å². The summed E-state index contributed by atoms with van der Waals surface area (Å²) in [5.74, 6) is 2.48. The summed E-state index contributed by atoms with van der Waals surface area (Å²) in [6.45, 7) is 3.44. The van der Waals surface area contributed by atoms with Gasteiger partial charge < -0.3 is 20.3 Å². The van der Waals surface area contributed by atoms with Crippen LogP contribution in [0.4, 0.5) is 11.6 Å². The van der Waals surface area contributed by atoms with E-state index in [1.165, 1.54) is 6.33 Å². The Morgan fingerprint density at radius 3 is 2.57 bits per heavy atom. The van der Waals surface area contributed by atoms with Gasteiger partial charge in [-0.05, 0) is 55.7 Å². The lowest BCUT2D eigenvalue weighted by atomic mass is 10.00. The van der Waals surface area contributed by atoms with Crippen molar-refractivity contribution in [1.29, 1.82) is 5.41 Å². The second kappa shape index (κ2) is 11.0. The van der Waals surface area contributed by atoms with Gasteiger partial charge in [-0.1, -0.05) is 25.1 Å². The Morgan fingerprint density at radius 1 is 1.14 bits per heavy atom. The Balaban J connectivity index is 1.55. The van der Waals surface area contributed by atoms with E-state index >= 15 is 0 Å². The van der Waals surface area contributed by atoms with Gasteiger partial charge in [0, 0.05) is 38.2 Å². The lowest BCUT2D eigenvalue weighted by Crippen LogP contribution is -2.49. The number of nitrogens with one attached hydrogen (secondary N) is 1. The molecule has 1 atom stereocenters. The number of carbonyl (C=O) groups is 1. The number of hydrogen-bond acceptors (Lipinski definition) is 7. The number of ether oxygens (including phenoxy) is 1. The van der Waals surface area contributed by atoms with Crippen LogP contribution in [0.2, 0.25) is 0 Å². The minimum Gasteiger partial charge on any atom is -0.457 e. The molecule has 0 saturated carbocycles. The first-order valence-electron chi connectivity index (χ1n) is 12.0. The fourth-order valence-electron chi connectivity index (χ4n) is 4.40. The number of carbonyl (C=O) groups excluding carboxylic acids is 1. The number of aromatic nitrogens is 2. The van der Waals surface area contributed by atoms with E-state index in [0.29, 0.717) is 35.7 Å². The number of benzene rings is 2. The van der Waals surface area contributed by atoms with Gasteiger partial charge in [0.15, 0.2) is 0 Å². The van der Waals surface area contributed by atoms with E-state index in [9.17, 15) is 4.79 Å². The number of nitrogens with zero attached hydrogens (tertiary/aromatic N) is 4. The van der Waals surface area contributed by atoms with Crippen LogP contribution < -0.4 is 15.4 Å². The van der Waals surface area contributed by atoms with Crippen molar-refractivity contribution < 1.29 is 9.53 Å². The SMILES string of the molecule is CCCC(=O)N1CCC[C@@H](N(C)c2ncnc(N)c2C(=N)c2ccc(Oc3ccccc3)cc2)C1. The van der Waals surface area contributed by atoms with Gasteiger partial charge in [0.1, 0.15) is 29.5 Å². The van der Waals surface area contributed by atoms with Crippen molar-refractivity contribution in [3.63, 3.8) is 0 Å². The topological polar surface area (TPSA) is 108 Å². The summed E-state index contributed by atoms with van der Waals surface area (Å²) in [5.41, 5.74) is 7.68. The number of likely N-dealkylation sites (N-methyl/N-ethyl adjacent to an activating group) is 1. The standard InChI is InChI=1S/C27H32N6O2/c1-3-8-23(34)33-16-7-9-20(17-33)32(2)27-24(26(29)30-18-31-27)25(28)19-12-14-22(15-13-19)35-21-10-5-4-6-11-21/h4-6,10-15,18,20,28H,3,7-9,16-17H2,1-2H3,(H2,29,30,31)/t20-/m1/s1. The molecule has 1 amide bonds. The zero-order valence-corrected chi connectivity index (χ0v) is 20.3. The molecule has 1 fully saturated rings. The van der Waals surface area contributed by atoms with Crippen molar-refractivity contribution in [1.82, 2.24) is 14.9 Å². The van der Waals surface area contributed by atoms with Crippen LogP contribution in [0.15, 0.2) is 60.9 Å². The van der Waals surface area contributed by atoms with Crippen molar-refractivity contribution in [2.45, 2.75) is 38.6 Å². The lowest BCUT2D eigenvalue weighted by molar-refractivity contribution is -0.132. The number of anilines is 2. The molecule has 8 nitrogen and oxygen atoms in total. The number of para-hydroxylation sites is 1.